The van der Waals surface area contributed by atoms with E-state index in [2.05, 4.69) is 0 Å². The molecule has 4 heteroatoms. The molecule has 0 spiro atoms. The van der Waals surface area contributed by atoms with Gasteiger partial charge in [0, 0.05) is 13.1 Å². The predicted molar refractivity (Wildman–Crippen MR) is 25.3 cm³/mol. The third-order valence-electron chi connectivity index (χ3n) is 0.654. The van der Waals surface area contributed by atoms with Crippen LogP contribution < -0.4 is 11.5 Å². The summed E-state index contributed by atoms with van der Waals surface area (Å²) >= 11 is 0. The van der Waals surface area contributed by atoms with Crippen LogP contribution in [0.25, 0.3) is 0 Å². The van der Waals surface area contributed by atoms with E-state index in [1.165, 1.54) is 0 Å². The molecule has 0 amide bonds. The molecule has 6 N–H and O–H groups in total. The van der Waals surface area contributed by atoms with Crippen molar-refractivity contribution < 1.29 is 10.2 Å². The molecule has 0 aliphatic carbocycles. The normalized spacial score (nSPS) is 12.0. The molecule has 0 radical (unpaired) electrons. The molecule has 0 fully saturated rings. The highest BCUT2D eigenvalue weighted by molar-refractivity contribution is 4.63. The molecule has 0 aromatic heterocycles. The van der Waals surface area contributed by atoms with Crippen molar-refractivity contribution in [1.82, 2.24) is 0 Å². The fourth-order valence-electron chi connectivity index (χ4n) is 0.0833. The molecule has 0 aliphatic rings. The van der Waals surface area contributed by atoms with E-state index in [-0.39, 0.29) is 13.1 Å². The van der Waals surface area contributed by atoms with Crippen molar-refractivity contribution >= 4 is 0 Å². The monoisotopic (exact) mass is 106 g/mol. The Labute approximate surface area is 41.7 Å². The van der Waals surface area contributed by atoms with Crippen molar-refractivity contribution in [2.45, 2.75) is 5.79 Å². The molecule has 0 rings (SSSR count). The molecule has 0 aromatic rings. The number of hydrogen-bond donors (Lipinski definition) is 4. The average Bonchev–Trinajstić information content (AvgIpc) is 1.68. The second kappa shape index (κ2) is 2.23. The van der Waals surface area contributed by atoms with Crippen LogP contribution in [0.1, 0.15) is 0 Å². The Morgan fingerprint density at radius 1 is 1.14 bits per heavy atom. The zero-order valence-corrected chi connectivity index (χ0v) is 3.96. The second-order valence-corrected chi connectivity index (χ2v) is 1.39. The summed E-state index contributed by atoms with van der Waals surface area (Å²) in [6, 6.07) is 0. The van der Waals surface area contributed by atoms with Gasteiger partial charge in [-0.1, -0.05) is 0 Å². The van der Waals surface area contributed by atoms with Gasteiger partial charge in [-0.15, -0.1) is 0 Å². The molecule has 44 valence electrons. The molecule has 0 saturated heterocycles. The Morgan fingerprint density at radius 2 is 1.43 bits per heavy atom. The maximum atomic E-state index is 8.44. The lowest BCUT2D eigenvalue weighted by atomic mass is 10.3. The van der Waals surface area contributed by atoms with E-state index in [1.807, 2.05) is 0 Å². The van der Waals surface area contributed by atoms with Gasteiger partial charge in [0.1, 0.15) is 0 Å². The minimum atomic E-state index is -1.86. The van der Waals surface area contributed by atoms with E-state index in [0.717, 1.165) is 0 Å². The summed E-state index contributed by atoms with van der Waals surface area (Å²) < 4.78 is 0. The second-order valence-electron chi connectivity index (χ2n) is 1.39. The summed E-state index contributed by atoms with van der Waals surface area (Å²) in [6.45, 7) is -0.438. The van der Waals surface area contributed by atoms with Crippen LogP contribution in [0.2, 0.25) is 0 Å². The van der Waals surface area contributed by atoms with Crippen molar-refractivity contribution in [2.75, 3.05) is 13.1 Å². The summed E-state index contributed by atoms with van der Waals surface area (Å²) in [5.41, 5.74) is 9.67. The predicted octanol–water partition coefficient (Wildman–Crippen LogP) is -2.42. The Morgan fingerprint density at radius 3 is 1.43 bits per heavy atom. The van der Waals surface area contributed by atoms with Crippen LogP contribution in [0.15, 0.2) is 0 Å². The van der Waals surface area contributed by atoms with Crippen LogP contribution in [0.5, 0.6) is 0 Å². The molecule has 0 saturated carbocycles. The van der Waals surface area contributed by atoms with Crippen molar-refractivity contribution in [3.8, 4) is 0 Å². The lowest BCUT2D eigenvalue weighted by Gasteiger charge is -2.15. The molecule has 7 heavy (non-hydrogen) atoms. The Bertz CT molecular complexity index is 48.9. The van der Waals surface area contributed by atoms with E-state index in [0.29, 0.717) is 0 Å². The molecule has 0 bridgehead atoms. The van der Waals surface area contributed by atoms with Gasteiger partial charge in [-0.25, -0.2) is 0 Å². The van der Waals surface area contributed by atoms with Gasteiger partial charge in [0.15, 0.2) is 5.79 Å². The van der Waals surface area contributed by atoms with Gasteiger partial charge in [-0.2, -0.15) is 0 Å². The van der Waals surface area contributed by atoms with Crippen LogP contribution in [-0.4, -0.2) is 29.1 Å². The summed E-state index contributed by atoms with van der Waals surface area (Å²) in [4.78, 5) is 0. The zero-order chi connectivity index (χ0) is 5.91. The van der Waals surface area contributed by atoms with E-state index < -0.39 is 5.79 Å². The van der Waals surface area contributed by atoms with Gasteiger partial charge in [0.2, 0.25) is 0 Å². The van der Waals surface area contributed by atoms with Crippen molar-refractivity contribution in [1.29, 1.82) is 0 Å². The largest absolute Gasteiger partial charge is 0.364 e. The molecule has 0 atom stereocenters. The van der Waals surface area contributed by atoms with Crippen molar-refractivity contribution in [3.63, 3.8) is 0 Å². The number of nitrogens with two attached hydrogens (primary N) is 2. The highest BCUT2D eigenvalue weighted by atomic mass is 16.5. The van der Waals surface area contributed by atoms with Crippen LogP contribution >= 0.6 is 0 Å². The zero-order valence-electron chi connectivity index (χ0n) is 3.96. The van der Waals surface area contributed by atoms with Crippen LogP contribution in [-0.2, 0) is 0 Å². The Balaban J connectivity index is 3.36. The molecule has 0 unspecified atom stereocenters. The summed E-state index contributed by atoms with van der Waals surface area (Å²) in [6.07, 6.45) is 0. The van der Waals surface area contributed by atoms with Gasteiger partial charge >= 0.3 is 0 Å². The average molecular weight is 106 g/mol. The smallest absolute Gasteiger partial charge is 0.187 e. The summed E-state index contributed by atoms with van der Waals surface area (Å²) in [7, 11) is 0. The first-order chi connectivity index (χ1) is 3.12. The lowest BCUT2D eigenvalue weighted by Crippen LogP contribution is -2.44. The molecule has 0 aromatic carbocycles. The SMILES string of the molecule is NCC(O)(O)CN. The summed E-state index contributed by atoms with van der Waals surface area (Å²) in [5, 5.41) is 16.9. The van der Waals surface area contributed by atoms with Gasteiger partial charge < -0.3 is 21.7 Å². The van der Waals surface area contributed by atoms with Crippen molar-refractivity contribution in [2.24, 2.45) is 11.5 Å². The van der Waals surface area contributed by atoms with Crippen LogP contribution in [0.4, 0.5) is 0 Å². The highest BCUT2D eigenvalue weighted by Crippen LogP contribution is 1.88. The molecule has 0 heterocycles. The fraction of sp³-hybridized carbons (Fsp3) is 1.00. The Hall–Kier alpha value is -0.160. The molecular formula is C3H10N2O2. The minimum Gasteiger partial charge on any atom is -0.364 e. The molecule has 4 nitrogen and oxygen atoms in total. The van der Waals surface area contributed by atoms with Crippen LogP contribution in [0.3, 0.4) is 0 Å². The quantitative estimate of drug-likeness (QED) is 0.295. The standard InChI is InChI=1S/C3H10N2O2/c4-1-3(6,7)2-5/h6-7H,1-2,4-5H2. The van der Waals surface area contributed by atoms with Gasteiger partial charge in [-0.3, -0.25) is 0 Å². The van der Waals surface area contributed by atoms with Gasteiger partial charge in [0.25, 0.3) is 0 Å². The van der Waals surface area contributed by atoms with Gasteiger partial charge in [0.05, 0.1) is 0 Å². The lowest BCUT2D eigenvalue weighted by molar-refractivity contribution is -0.142. The van der Waals surface area contributed by atoms with E-state index >= 15 is 0 Å². The third kappa shape index (κ3) is 2.52. The Kier molecular flexibility index (Phi) is 2.17. The van der Waals surface area contributed by atoms with Gasteiger partial charge in [-0.05, 0) is 0 Å². The topological polar surface area (TPSA) is 92.5 Å². The maximum Gasteiger partial charge on any atom is 0.187 e. The van der Waals surface area contributed by atoms with E-state index in [4.69, 9.17) is 21.7 Å². The fourth-order valence-corrected chi connectivity index (χ4v) is 0.0833. The molecule has 0 aliphatic heterocycles. The molecular weight excluding hydrogens is 96.0 g/mol. The van der Waals surface area contributed by atoms with Crippen LogP contribution in [0, 0.1) is 0 Å². The highest BCUT2D eigenvalue weighted by Gasteiger charge is 2.16. The van der Waals surface area contributed by atoms with Crippen molar-refractivity contribution in [3.05, 3.63) is 0 Å². The minimum absolute atomic E-state index is 0.219. The summed E-state index contributed by atoms with van der Waals surface area (Å²) in [5.74, 6) is -1.86. The first kappa shape index (κ1) is 6.84. The maximum absolute atomic E-state index is 8.44. The number of hydrogen-bond acceptors (Lipinski definition) is 4. The number of aliphatic hydroxyl groups is 2. The van der Waals surface area contributed by atoms with E-state index in [1.54, 1.807) is 0 Å². The first-order valence-corrected chi connectivity index (χ1v) is 1.97. The number of rotatable bonds is 2. The van der Waals surface area contributed by atoms with E-state index in [9.17, 15) is 0 Å². The third-order valence-corrected chi connectivity index (χ3v) is 0.654. The first-order valence-electron chi connectivity index (χ1n) is 1.97.